The number of nitrogens with zero attached hydrogens (tertiary/aromatic N) is 1. The molecular formula is C11H16N2O2S. The summed E-state index contributed by atoms with van der Waals surface area (Å²) in [5.41, 5.74) is 6.14. The molecule has 0 aliphatic heterocycles. The number of hydrogen-bond acceptors (Lipinski definition) is 4. The number of rotatable bonds is 4. The SMILES string of the molecule is CC(C)C(C)Sc1nccc(C(=O)O)c1N. The van der Waals surface area contributed by atoms with E-state index in [2.05, 4.69) is 25.8 Å². The number of carboxylic acid groups (broad SMARTS) is 1. The van der Waals surface area contributed by atoms with E-state index >= 15 is 0 Å². The zero-order chi connectivity index (χ0) is 12.3. The van der Waals surface area contributed by atoms with Crippen LogP contribution in [0.4, 0.5) is 5.69 Å². The van der Waals surface area contributed by atoms with Crippen LogP contribution in [0.2, 0.25) is 0 Å². The van der Waals surface area contributed by atoms with Crippen LogP contribution in [0.3, 0.4) is 0 Å². The van der Waals surface area contributed by atoms with Crippen molar-refractivity contribution in [2.75, 3.05) is 5.73 Å². The van der Waals surface area contributed by atoms with Crippen LogP contribution in [0.25, 0.3) is 0 Å². The van der Waals surface area contributed by atoms with Crippen molar-refractivity contribution >= 4 is 23.4 Å². The lowest BCUT2D eigenvalue weighted by Crippen LogP contribution is -2.09. The van der Waals surface area contributed by atoms with Crippen LogP contribution in [-0.2, 0) is 0 Å². The lowest BCUT2D eigenvalue weighted by atomic mass is 10.2. The van der Waals surface area contributed by atoms with E-state index in [1.54, 1.807) is 0 Å². The number of nitrogens with two attached hydrogens (primary N) is 1. The highest BCUT2D eigenvalue weighted by molar-refractivity contribution is 8.00. The van der Waals surface area contributed by atoms with E-state index in [1.807, 2.05) is 0 Å². The Balaban J connectivity index is 2.98. The Hall–Kier alpha value is -1.23. The molecular weight excluding hydrogens is 224 g/mol. The molecule has 1 rings (SSSR count). The van der Waals surface area contributed by atoms with Crippen molar-refractivity contribution in [3.8, 4) is 0 Å². The van der Waals surface area contributed by atoms with Crippen LogP contribution in [0.15, 0.2) is 17.3 Å². The second kappa shape index (κ2) is 5.21. The first-order chi connectivity index (χ1) is 7.43. The van der Waals surface area contributed by atoms with E-state index < -0.39 is 5.97 Å². The van der Waals surface area contributed by atoms with Gasteiger partial charge in [-0.05, 0) is 12.0 Å². The van der Waals surface area contributed by atoms with Gasteiger partial charge in [-0.1, -0.05) is 20.8 Å². The molecule has 4 nitrogen and oxygen atoms in total. The highest BCUT2D eigenvalue weighted by Crippen LogP contribution is 2.31. The van der Waals surface area contributed by atoms with Gasteiger partial charge in [-0.25, -0.2) is 9.78 Å². The van der Waals surface area contributed by atoms with Gasteiger partial charge in [-0.3, -0.25) is 0 Å². The highest BCUT2D eigenvalue weighted by atomic mass is 32.2. The average molecular weight is 240 g/mol. The predicted molar refractivity (Wildman–Crippen MR) is 65.8 cm³/mol. The zero-order valence-corrected chi connectivity index (χ0v) is 10.4. The number of anilines is 1. The Morgan fingerprint density at radius 2 is 2.12 bits per heavy atom. The van der Waals surface area contributed by atoms with Crippen molar-refractivity contribution < 1.29 is 9.90 Å². The third kappa shape index (κ3) is 2.88. The molecule has 1 unspecified atom stereocenters. The molecule has 0 aliphatic rings. The first-order valence-corrected chi connectivity index (χ1v) is 5.96. The summed E-state index contributed by atoms with van der Waals surface area (Å²) in [6, 6.07) is 1.42. The van der Waals surface area contributed by atoms with Gasteiger partial charge in [0.05, 0.1) is 11.3 Å². The zero-order valence-electron chi connectivity index (χ0n) is 9.60. The molecule has 88 valence electrons. The fraction of sp³-hybridized carbons (Fsp3) is 0.455. The predicted octanol–water partition coefficient (Wildman–Crippen LogP) is 2.50. The number of carbonyl (C=O) groups is 1. The molecule has 0 spiro atoms. The summed E-state index contributed by atoms with van der Waals surface area (Å²) >= 11 is 1.51. The van der Waals surface area contributed by atoms with Gasteiger partial charge in [-0.2, -0.15) is 0 Å². The summed E-state index contributed by atoms with van der Waals surface area (Å²) in [6.45, 7) is 6.29. The van der Waals surface area contributed by atoms with E-state index in [4.69, 9.17) is 10.8 Å². The summed E-state index contributed by atoms with van der Waals surface area (Å²) in [7, 11) is 0. The normalized spacial score (nSPS) is 12.8. The minimum absolute atomic E-state index is 0.119. The monoisotopic (exact) mass is 240 g/mol. The van der Waals surface area contributed by atoms with E-state index in [0.29, 0.717) is 16.2 Å². The van der Waals surface area contributed by atoms with Crippen LogP contribution < -0.4 is 5.73 Å². The fourth-order valence-corrected chi connectivity index (χ4v) is 2.03. The molecule has 0 aliphatic carbocycles. The molecule has 16 heavy (non-hydrogen) atoms. The molecule has 0 amide bonds. The van der Waals surface area contributed by atoms with Crippen LogP contribution in [0.5, 0.6) is 0 Å². The maximum absolute atomic E-state index is 10.9. The van der Waals surface area contributed by atoms with Crippen LogP contribution in [-0.4, -0.2) is 21.3 Å². The van der Waals surface area contributed by atoms with E-state index in [9.17, 15) is 4.79 Å². The standard InChI is InChI=1S/C11H16N2O2S/c1-6(2)7(3)16-10-9(12)8(11(14)15)4-5-13-10/h4-7H,12H2,1-3H3,(H,14,15). The van der Waals surface area contributed by atoms with Crippen molar-refractivity contribution in [3.63, 3.8) is 0 Å². The minimum atomic E-state index is -1.01. The van der Waals surface area contributed by atoms with Gasteiger partial charge < -0.3 is 10.8 Å². The van der Waals surface area contributed by atoms with Crippen molar-refractivity contribution in [2.45, 2.75) is 31.0 Å². The molecule has 1 heterocycles. The molecule has 1 aromatic rings. The third-order valence-electron chi connectivity index (χ3n) is 2.42. The first kappa shape index (κ1) is 12.8. The molecule has 1 atom stereocenters. The lowest BCUT2D eigenvalue weighted by Gasteiger charge is -2.15. The second-order valence-corrected chi connectivity index (χ2v) is 5.32. The summed E-state index contributed by atoms with van der Waals surface area (Å²) in [5, 5.41) is 9.86. The molecule has 0 saturated carbocycles. The number of nitrogen functional groups attached to an aromatic ring is 1. The van der Waals surface area contributed by atoms with Gasteiger partial charge in [0, 0.05) is 11.4 Å². The number of hydrogen-bond donors (Lipinski definition) is 2. The summed E-state index contributed by atoms with van der Waals surface area (Å²) in [5.74, 6) is -0.529. The molecule has 5 heteroatoms. The minimum Gasteiger partial charge on any atom is -0.478 e. The molecule has 0 radical (unpaired) electrons. The Morgan fingerprint density at radius 3 is 2.62 bits per heavy atom. The topological polar surface area (TPSA) is 76.2 Å². The number of carboxylic acids is 1. The van der Waals surface area contributed by atoms with E-state index in [-0.39, 0.29) is 11.3 Å². The molecule has 0 saturated heterocycles. The van der Waals surface area contributed by atoms with Crippen molar-refractivity contribution in [1.82, 2.24) is 4.98 Å². The van der Waals surface area contributed by atoms with Crippen molar-refractivity contribution in [1.29, 1.82) is 0 Å². The Labute approximate surface area is 99.3 Å². The smallest absolute Gasteiger partial charge is 0.337 e. The second-order valence-electron chi connectivity index (χ2n) is 3.95. The number of aromatic carboxylic acids is 1. The molecule has 3 N–H and O–H groups in total. The summed E-state index contributed by atoms with van der Waals surface area (Å²) < 4.78 is 0. The maximum Gasteiger partial charge on any atom is 0.337 e. The van der Waals surface area contributed by atoms with Crippen molar-refractivity contribution in [2.24, 2.45) is 5.92 Å². The van der Waals surface area contributed by atoms with Crippen LogP contribution in [0, 0.1) is 5.92 Å². The molecule has 1 aromatic heterocycles. The molecule has 0 bridgehead atoms. The first-order valence-electron chi connectivity index (χ1n) is 5.08. The molecule has 0 aromatic carbocycles. The van der Waals surface area contributed by atoms with Gasteiger partial charge in [0.2, 0.25) is 0 Å². The summed E-state index contributed by atoms with van der Waals surface area (Å²) in [6.07, 6.45) is 1.48. The number of thioether (sulfide) groups is 1. The van der Waals surface area contributed by atoms with Gasteiger partial charge in [0.15, 0.2) is 0 Å². The Bertz CT molecular complexity index is 394. The van der Waals surface area contributed by atoms with E-state index in [0.717, 1.165) is 0 Å². The molecule has 0 fully saturated rings. The summed E-state index contributed by atoms with van der Waals surface area (Å²) in [4.78, 5) is 15.0. The van der Waals surface area contributed by atoms with Crippen LogP contribution >= 0.6 is 11.8 Å². The maximum atomic E-state index is 10.9. The highest BCUT2D eigenvalue weighted by Gasteiger charge is 2.16. The van der Waals surface area contributed by atoms with Crippen molar-refractivity contribution in [3.05, 3.63) is 17.8 Å². The third-order valence-corrected chi connectivity index (χ3v) is 3.89. The average Bonchev–Trinajstić information content (AvgIpc) is 2.20. The Morgan fingerprint density at radius 1 is 1.50 bits per heavy atom. The lowest BCUT2D eigenvalue weighted by molar-refractivity contribution is 0.0697. The number of pyridine rings is 1. The fourth-order valence-electron chi connectivity index (χ4n) is 1.05. The van der Waals surface area contributed by atoms with E-state index in [1.165, 1.54) is 24.0 Å². The van der Waals surface area contributed by atoms with Gasteiger partial charge in [0.25, 0.3) is 0 Å². The van der Waals surface area contributed by atoms with Gasteiger partial charge in [0.1, 0.15) is 5.03 Å². The van der Waals surface area contributed by atoms with Gasteiger partial charge >= 0.3 is 5.97 Å². The van der Waals surface area contributed by atoms with Crippen LogP contribution in [0.1, 0.15) is 31.1 Å². The van der Waals surface area contributed by atoms with Gasteiger partial charge in [-0.15, -0.1) is 11.8 Å². The number of aromatic nitrogens is 1. The largest absolute Gasteiger partial charge is 0.478 e. The Kier molecular flexibility index (Phi) is 4.18. The quantitative estimate of drug-likeness (QED) is 0.791.